The Hall–Kier alpha value is -2.05. The molecule has 0 heterocycles. The van der Waals surface area contributed by atoms with Crippen molar-refractivity contribution in [3.63, 3.8) is 0 Å². The van der Waals surface area contributed by atoms with Crippen LogP contribution in [-0.2, 0) is 13.2 Å². The molecule has 146 valence electrons. The van der Waals surface area contributed by atoms with Crippen LogP contribution < -0.4 is 14.8 Å². The van der Waals surface area contributed by atoms with Crippen LogP contribution in [0.5, 0.6) is 11.5 Å². The average molecular weight is 509 g/mol. The zero-order valence-electron chi connectivity index (χ0n) is 15.3. The lowest BCUT2D eigenvalue weighted by atomic mass is 10.2. The van der Waals surface area contributed by atoms with E-state index in [-0.39, 0.29) is 12.4 Å². The Morgan fingerprint density at radius 1 is 0.929 bits per heavy atom. The molecule has 3 rings (SSSR count). The second-order valence-electron chi connectivity index (χ2n) is 6.08. The first-order valence-corrected chi connectivity index (χ1v) is 10.5. The van der Waals surface area contributed by atoms with E-state index in [9.17, 15) is 4.39 Å². The lowest BCUT2D eigenvalue weighted by molar-refractivity contribution is 0.296. The fourth-order valence-corrected chi connectivity index (χ4v) is 4.17. The molecule has 0 amide bonds. The molecule has 0 saturated carbocycles. The highest BCUT2D eigenvalue weighted by atomic mass is 79.9. The van der Waals surface area contributed by atoms with Crippen LogP contribution in [0.4, 0.5) is 10.1 Å². The van der Waals surface area contributed by atoms with Crippen molar-refractivity contribution in [2.45, 2.75) is 20.1 Å². The van der Waals surface area contributed by atoms with Crippen molar-refractivity contribution in [1.29, 1.82) is 0 Å². The monoisotopic (exact) mass is 507 g/mol. The van der Waals surface area contributed by atoms with Crippen LogP contribution >= 0.6 is 31.9 Å². The smallest absolute Gasteiger partial charge is 0.148 e. The van der Waals surface area contributed by atoms with E-state index in [0.717, 1.165) is 25.9 Å². The van der Waals surface area contributed by atoms with Gasteiger partial charge in [-0.1, -0.05) is 18.2 Å². The Balaban J connectivity index is 1.63. The molecule has 0 atom stereocenters. The summed E-state index contributed by atoms with van der Waals surface area (Å²) >= 11 is 7.10. The summed E-state index contributed by atoms with van der Waals surface area (Å²) in [5.41, 5.74) is 2.60. The number of hydrogen-bond donors (Lipinski definition) is 1. The number of ether oxygens (including phenoxy) is 2. The molecule has 3 aromatic carbocycles. The Morgan fingerprint density at radius 3 is 2.25 bits per heavy atom. The molecule has 0 aliphatic rings. The summed E-state index contributed by atoms with van der Waals surface area (Å²) in [4.78, 5) is 0. The molecule has 0 spiro atoms. The van der Waals surface area contributed by atoms with Crippen LogP contribution in [0.15, 0.2) is 69.6 Å². The highest BCUT2D eigenvalue weighted by Crippen LogP contribution is 2.35. The van der Waals surface area contributed by atoms with Crippen molar-refractivity contribution >= 4 is 37.5 Å². The maximum absolute atomic E-state index is 13.8. The quantitative estimate of drug-likeness (QED) is 0.357. The van der Waals surface area contributed by atoms with Crippen LogP contribution in [0.2, 0.25) is 0 Å². The summed E-state index contributed by atoms with van der Waals surface area (Å²) in [6, 6.07) is 18.4. The normalized spacial score (nSPS) is 10.6. The molecule has 6 heteroatoms. The molecular formula is C22H20Br2FNO2. The third-order valence-electron chi connectivity index (χ3n) is 4.05. The molecule has 28 heavy (non-hydrogen) atoms. The lowest BCUT2D eigenvalue weighted by Crippen LogP contribution is -2.02. The summed E-state index contributed by atoms with van der Waals surface area (Å²) in [7, 11) is 0. The van der Waals surface area contributed by atoms with Crippen molar-refractivity contribution in [2.75, 3.05) is 11.9 Å². The van der Waals surface area contributed by atoms with Gasteiger partial charge in [-0.05, 0) is 86.8 Å². The molecule has 0 fully saturated rings. The number of nitrogens with one attached hydrogen (secondary N) is 1. The zero-order chi connectivity index (χ0) is 19.9. The first kappa shape index (κ1) is 20.7. The molecule has 0 aliphatic heterocycles. The summed E-state index contributed by atoms with van der Waals surface area (Å²) in [5, 5.41) is 3.38. The molecule has 0 unspecified atom stereocenters. The molecule has 3 aromatic rings. The van der Waals surface area contributed by atoms with Crippen LogP contribution in [0, 0.1) is 5.82 Å². The van der Waals surface area contributed by atoms with Crippen molar-refractivity contribution in [3.05, 3.63) is 86.6 Å². The zero-order valence-corrected chi connectivity index (χ0v) is 18.5. The summed E-state index contributed by atoms with van der Waals surface area (Å²) in [6.45, 7) is 3.43. The van der Waals surface area contributed by atoms with Gasteiger partial charge in [-0.25, -0.2) is 4.39 Å². The van der Waals surface area contributed by atoms with Gasteiger partial charge in [0.05, 0.1) is 15.6 Å². The predicted octanol–water partition coefficient (Wildman–Crippen LogP) is 6.94. The van der Waals surface area contributed by atoms with E-state index < -0.39 is 0 Å². The first-order valence-electron chi connectivity index (χ1n) is 8.87. The Bertz CT molecular complexity index is 909. The van der Waals surface area contributed by atoms with Gasteiger partial charge < -0.3 is 14.8 Å². The fraction of sp³-hybridized carbons (Fsp3) is 0.182. The van der Waals surface area contributed by atoms with Gasteiger partial charge in [0.2, 0.25) is 0 Å². The van der Waals surface area contributed by atoms with E-state index in [2.05, 4.69) is 37.2 Å². The minimum Gasteiger partial charge on any atom is -0.494 e. The predicted molar refractivity (Wildman–Crippen MR) is 118 cm³/mol. The Labute approximate surface area is 181 Å². The number of rotatable bonds is 8. The van der Waals surface area contributed by atoms with Crippen molar-refractivity contribution in [3.8, 4) is 11.5 Å². The van der Waals surface area contributed by atoms with Crippen LogP contribution in [0.3, 0.4) is 0 Å². The average Bonchev–Trinajstić information content (AvgIpc) is 2.68. The van der Waals surface area contributed by atoms with E-state index >= 15 is 0 Å². The van der Waals surface area contributed by atoms with Crippen molar-refractivity contribution < 1.29 is 13.9 Å². The van der Waals surface area contributed by atoms with Gasteiger partial charge in [0.15, 0.2) is 0 Å². The molecule has 0 radical (unpaired) electrons. The molecule has 1 N–H and O–H groups in total. The van der Waals surface area contributed by atoms with Gasteiger partial charge in [0, 0.05) is 17.8 Å². The third kappa shape index (κ3) is 5.49. The van der Waals surface area contributed by atoms with Gasteiger partial charge in [0.1, 0.15) is 23.9 Å². The van der Waals surface area contributed by atoms with Gasteiger partial charge in [0.25, 0.3) is 0 Å². The Morgan fingerprint density at radius 2 is 1.61 bits per heavy atom. The summed E-state index contributed by atoms with van der Waals surface area (Å²) in [5.74, 6) is 1.23. The van der Waals surface area contributed by atoms with Crippen molar-refractivity contribution in [2.24, 2.45) is 0 Å². The van der Waals surface area contributed by atoms with E-state index in [1.54, 1.807) is 18.2 Å². The molecule has 3 nitrogen and oxygen atoms in total. The number of hydrogen-bond acceptors (Lipinski definition) is 3. The fourth-order valence-electron chi connectivity index (χ4n) is 2.66. The minimum absolute atomic E-state index is 0.160. The number of halogens is 3. The summed E-state index contributed by atoms with van der Waals surface area (Å²) in [6.07, 6.45) is 0. The standard InChI is InChI=1S/C22H20Br2FNO2/c1-2-27-18-9-7-17(8-10-18)26-13-15-11-19(23)22(20(24)12-15)28-14-16-5-3-4-6-21(16)25/h3-12,26H,2,13-14H2,1H3. The molecule has 0 aromatic heterocycles. The third-order valence-corrected chi connectivity index (χ3v) is 5.23. The van der Waals surface area contributed by atoms with E-state index in [0.29, 0.717) is 24.5 Å². The highest BCUT2D eigenvalue weighted by Gasteiger charge is 2.11. The molecule has 0 aliphatic carbocycles. The highest BCUT2D eigenvalue weighted by molar-refractivity contribution is 9.11. The van der Waals surface area contributed by atoms with E-state index in [1.165, 1.54) is 6.07 Å². The Kier molecular flexibility index (Phi) is 7.34. The minimum atomic E-state index is -0.272. The van der Waals surface area contributed by atoms with Gasteiger partial charge in [-0.2, -0.15) is 0 Å². The second-order valence-corrected chi connectivity index (χ2v) is 7.79. The second kappa shape index (κ2) is 9.94. The largest absolute Gasteiger partial charge is 0.494 e. The molecular weight excluding hydrogens is 489 g/mol. The maximum Gasteiger partial charge on any atom is 0.148 e. The molecule has 0 saturated heterocycles. The lowest BCUT2D eigenvalue weighted by Gasteiger charge is -2.14. The van der Waals surface area contributed by atoms with E-state index in [4.69, 9.17) is 9.47 Å². The number of anilines is 1. The van der Waals surface area contributed by atoms with Crippen LogP contribution in [-0.4, -0.2) is 6.61 Å². The summed E-state index contributed by atoms with van der Waals surface area (Å²) < 4.78 is 26.7. The van der Waals surface area contributed by atoms with Crippen LogP contribution in [0.25, 0.3) is 0 Å². The van der Waals surface area contributed by atoms with Gasteiger partial charge in [-0.15, -0.1) is 0 Å². The van der Waals surface area contributed by atoms with Crippen molar-refractivity contribution in [1.82, 2.24) is 0 Å². The van der Waals surface area contributed by atoms with Gasteiger partial charge in [-0.3, -0.25) is 0 Å². The molecule has 0 bridgehead atoms. The topological polar surface area (TPSA) is 30.5 Å². The van der Waals surface area contributed by atoms with E-state index in [1.807, 2.05) is 43.3 Å². The first-order chi connectivity index (χ1) is 13.6. The SMILES string of the molecule is CCOc1ccc(NCc2cc(Br)c(OCc3ccccc3F)c(Br)c2)cc1. The maximum atomic E-state index is 13.8. The van der Waals surface area contributed by atoms with Gasteiger partial charge >= 0.3 is 0 Å². The number of benzene rings is 3. The van der Waals surface area contributed by atoms with Crippen LogP contribution in [0.1, 0.15) is 18.1 Å².